The van der Waals surface area contributed by atoms with Crippen LogP contribution in [0.5, 0.6) is 0 Å². The van der Waals surface area contributed by atoms with Gasteiger partial charge in [-0.1, -0.05) is 12.0 Å². The topological polar surface area (TPSA) is 72.5 Å². The fraction of sp³-hybridized carbons (Fsp3) is 0.450. The van der Waals surface area contributed by atoms with Crippen molar-refractivity contribution in [2.45, 2.75) is 31.4 Å². The molecule has 1 amide bonds. The Bertz CT molecular complexity index is 977. The molecule has 0 radical (unpaired) electrons. The molecule has 1 aliphatic heterocycles. The Morgan fingerprint density at radius 2 is 2.17 bits per heavy atom. The summed E-state index contributed by atoms with van der Waals surface area (Å²) < 4.78 is 59.4. The van der Waals surface area contributed by atoms with Crippen LogP contribution in [0.15, 0.2) is 24.3 Å². The second kappa shape index (κ2) is 8.83. The van der Waals surface area contributed by atoms with Crippen LogP contribution in [0.2, 0.25) is 0 Å². The van der Waals surface area contributed by atoms with Crippen molar-refractivity contribution in [3.05, 3.63) is 30.0 Å². The second-order valence-corrected chi connectivity index (χ2v) is 7.20. The number of alkyl halides is 4. The Morgan fingerprint density at radius 3 is 2.83 bits per heavy atom. The van der Waals surface area contributed by atoms with Gasteiger partial charge in [0.25, 0.3) is 0 Å². The van der Waals surface area contributed by atoms with E-state index in [9.17, 15) is 22.4 Å². The van der Waals surface area contributed by atoms with E-state index in [1.54, 1.807) is 18.2 Å². The van der Waals surface area contributed by atoms with Gasteiger partial charge >= 0.3 is 12.3 Å². The highest BCUT2D eigenvalue weighted by Gasteiger charge is 2.31. The van der Waals surface area contributed by atoms with Crippen molar-refractivity contribution in [2.75, 3.05) is 32.1 Å². The summed E-state index contributed by atoms with van der Waals surface area (Å²) in [5.41, 5.74) is 5.82. The molecule has 6 nitrogen and oxygen atoms in total. The molecular formula is C20H22F4N4O2. The van der Waals surface area contributed by atoms with Crippen molar-refractivity contribution in [3.8, 4) is 11.8 Å². The van der Waals surface area contributed by atoms with Crippen LogP contribution in [0, 0.1) is 11.8 Å². The molecule has 1 aliphatic rings. The number of primary amides is 1. The van der Waals surface area contributed by atoms with Crippen LogP contribution in [-0.2, 0) is 11.3 Å². The average Bonchev–Trinajstić information content (AvgIpc) is 2.98. The lowest BCUT2D eigenvalue weighted by Crippen LogP contribution is -2.46. The number of halogens is 4. The van der Waals surface area contributed by atoms with Crippen molar-refractivity contribution in [1.82, 2.24) is 9.47 Å². The van der Waals surface area contributed by atoms with Crippen LogP contribution in [0.1, 0.15) is 12.1 Å². The number of likely N-dealkylation sites (tertiary alicyclic amines) is 1. The molecule has 3 rings (SSSR count). The van der Waals surface area contributed by atoms with Crippen molar-refractivity contribution < 1.29 is 27.1 Å². The number of carbonyl (C=O) groups is 1. The molecule has 2 heterocycles. The first-order valence-electron chi connectivity index (χ1n) is 9.33. The van der Waals surface area contributed by atoms with Gasteiger partial charge < -0.3 is 25.3 Å². The van der Waals surface area contributed by atoms with Gasteiger partial charge in [0.15, 0.2) is 6.61 Å². The summed E-state index contributed by atoms with van der Waals surface area (Å²) >= 11 is 0. The maximum Gasteiger partial charge on any atom is 0.406 e. The number of aromatic nitrogens is 1. The zero-order valence-electron chi connectivity index (χ0n) is 16.3. The van der Waals surface area contributed by atoms with Gasteiger partial charge in [0.1, 0.15) is 12.7 Å². The van der Waals surface area contributed by atoms with Gasteiger partial charge in [0.2, 0.25) is 0 Å². The molecule has 2 atom stereocenters. The van der Waals surface area contributed by atoms with Crippen LogP contribution < -0.4 is 11.1 Å². The first-order chi connectivity index (χ1) is 14.1. The fourth-order valence-corrected chi connectivity index (χ4v) is 3.52. The van der Waals surface area contributed by atoms with Crippen LogP contribution >= 0.6 is 0 Å². The van der Waals surface area contributed by atoms with Gasteiger partial charge in [-0.2, -0.15) is 13.2 Å². The first-order valence-corrected chi connectivity index (χ1v) is 9.33. The Kier molecular flexibility index (Phi) is 6.41. The smallest absolute Gasteiger partial charge is 0.406 e. The minimum Gasteiger partial charge on any atom is -0.437 e. The molecule has 1 saturated heterocycles. The highest BCUT2D eigenvalue weighted by Crippen LogP contribution is 2.31. The van der Waals surface area contributed by atoms with Crippen molar-refractivity contribution >= 4 is 22.7 Å². The number of nitrogens with two attached hydrogens (primary N) is 1. The average molecular weight is 426 g/mol. The summed E-state index contributed by atoms with van der Waals surface area (Å²) in [6.07, 6.45) is -6.01. The van der Waals surface area contributed by atoms with E-state index in [0.29, 0.717) is 29.6 Å². The lowest BCUT2D eigenvalue weighted by molar-refractivity contribution is -0.140. The van der Waals surface area contributed by atoms with Crippen molar-refractivity contribution in [2.24, 2.45) is 5.73 Å². The fourth-order valence-electron chi connectivity index (χ4n) is 3.52. The van der Waals surface area contributed by atoms with E-state index < -0.39 is 31.0 Å². The molecule has 30 heavy (non-hydrogen) atoms. The van der Waals surface area contributed by atoms with Gasteiger partial charge in [-0.3, -0.25) is 0 Å². The summed E-state index contributed by atoms with van der Waals surface area (Å²) in [4.78, 5) is 12.5. The molecule has 0 unspecified atom stereocenters. The van der Waals surface area contributed by atoms with E-state index in [1.807, 2.05) is 11.9 Å². The number of nitrogens with one attached hydrogen (secondary N) is 1. The molecule has 0 aliphatic carbocycles. The number of rotatable bonds is 4. The van der Waals surface area contributed by atoms with Gasteiger partial charge in [-0.25, -0.2) is 9.18 Å². The Morgan fingerprint density at radius 1 is 1.40 bits per heavy atom. The SMILES string of the molecule is CN1CC[C@@H](Nc2cccc3c2cc(C#CCOC(N)=O)n3CC(F)(F)F)[C@@H](F)C1. The monoisotopic (exact) mass is 426 g/mol. The Balaban J connectivity index is 1.96. The van der Waals surface area contributed by atoms with Gasteiger partial charge in [0.05, 0.1) is 17.3 Å². The molecule has 1 aromatic carbocycles. The zero-order chi connectivity index (χ0) is 21.9. The van der Waals surface area contributed by atoms with E-state index in [2.05, 4.69) is 21.9 Å². The number of nitrogens with zero attached hydrogens (tertiary/aromatic N) is 2. The lowest BCUT2D eigenvalue weighted by atomic mass is 10.0. The highest BCUT2D eigenvalue weighted by atomic mass is 19.4. The van der Waals surface area contributed by atoms with Crippen molar-refractivity contribution in [1.29, 1.82) is 0 Å². The zero-order valence-corrected chi connectivity index (χ0v) is 16.3. The third kappa shape index (κ3) is 5.36. The van der Waals surface area contributed by atoms with Gasteiger partial charge in [0, 0.05) is 24.2 Å². The lowest BCUT2D eigenvalue weighted by Gasteiger charge is -2.33. The summed E-state index contributed by atoms with van der Waals surface area (Å²) in [6, 6.07) is 5.96. The summed E-state index contributed by atoms with van der Waals surface area (Å²) in [6.45, 7) is -0.563. The second-order valence-electron chi connectivity index (χ2n) is 7.20. The maximum atomic E-state index is 14.4. The maximum absolute atomic E-state index is 14.4. The van der Waals surface area contributed by atoms with Gasteiger partial charge in [-0.05, 0) is 37.6 Å². The van der Waals surface area contributed by atoms with Crippen LogP contribution in [-0.4, -0.2) is 60.7 Å². The summed E-state index contributed by atoms with van der Waals surface area (Å²) in [7, 11) is 1.84. The molecule has 3 N–H and O–H groups in total. The van der Waals surface area contributed by atoms with E-state index in [-0.39, 0.29) is 12.3 Å². The first kappa shape index (κ1) is 21.8. The van der Waals surface area contributed by atoms with Crippen molar-refractivity contribution in [3.63, 3.8) is 0 Å². The minimum absolute atomic E-state index is 0.102. The normalized spacial score (nSPS) is 19.9. The number of anilines is 1. The predicted octanol–water partition coefficient (Wildman–Crippen LogP) is 3.10. The molecule has 0 spiro atoms. The number of fused-ring (bicyclic) bond motifs is 1. The molecule has 1 aromatic heterocycles. The van der Waals surface area contributed by atoms with E-state index in [4.69, 9.17) is 5.73 Å². The Hall–Kier alpha value is -2.93. The van der Waals surface area contributed by atoms with Crippen LogP contribution in [0.3, 0.4) is 0 Å². The molecule has 0 bridgehead atoms. The molecular weight excluding hydrogens is 404 g/mol. The highest BCUT2D eigenvalue weighted by molar-refractivity contribution is 5.94. The number of ether oxygens (including phenoxy) is 1. The third-order valence-electron chi connectivity index (χ3n) is 4.87. The summed E-state index contributed by atoms with van der Waals surface area (Å²) in [5, 5.41) is 3.66. The standard InChI is InChI=1S/C20H22F4N4O2/c1-27-8-7-17(15(21)11-27)26-16-5-2-6-18-14(16)10-13(4-3-9-30-19(25)29)28(18)12-20(22,23)24/h2,5-6,10,15,17,26H,7-9,11-12H2,1H3,(H2,25,29)/t15-,17+/m0/s1. The quantitative estimate of drug-likeness (QED) is 0.582. The molecule has 2 aromatic rings. The number of benzene rings is 1. The van der Waals surface area contributed by atoms with Gasteiger partial charge in [-0.15, -0.1) is 0 Å². The Labute approximate surface area is 170 Å². The van der Waals surface area contributed by atoms with Crippen LogP contribution in [0.25, 0.3) is 10.9 Å². The predicted molar refractivity (Wildman–Crippen MR) is 105 cm³/mol. The summed E-state index contributed by atoms with van der Waals surface area (Å²) in [5.74, 6) is 5.08. The minimum atomic E-state index is -4.46. The van der Waals surface area contributed by atoms with E-state index in [0.717, 1.165) is 11.1 Å². The number of amides is 1. The largest absolute Gasteiger partial charge is 0.437 e. The molecule has 1 fully saturated rings. The molecule has 162 valence electrons. The number of hydrogen-bond acceptors (Lipinski definition) is 4. The number of carbonyl (C=O) groups excluding carboxylic acids is 1. The number of piperidine rings is 1. The third-order valence-corrected chi connectivity index (χ3v) is 4.87. The molecule has 10 heteroatoms. The molecule has 0 saturated carbocycles. The number of hydrogen-bond donors (Lipinski definition) is 2. The van der Waals surface area contributed by atoms with E-state index >= 15 is 0 Å². The van der Waals surface area contributed by atoms with E-state index in [1.165, 1.54) is 6.07 Å². The van der Waals surface area contributed by atoms with Crippen LogP contribution in [0.4, 0.5) is 28.0 Å².